The maximum atomic E-state index is 11.9. The highest BCUT2D eigenvalue weighted by Crippen LogP contribution is 2.28. The van der Waals surface area contributed by atoms with Crippen LogP contribution in [0.3, 0.4) is 0 Å². The average Bonchev–Trinajstić information content (AvgIpc) is 2.91. The molecular weight excluding hydrogens is 232 g/mol. The third-order valence-electron chi connectivity index (χ3n) is 3.48. The number of carbonyl (C=O) groups is 1. The number of amides is 1. The molecule has 0 atom stereocenters. The van der Waals surface area contributed by atoms with Gasteiger partial charge in [-0.3, -0.25) is 4.79 Å². The molecule has 3 N–H and O–H groups in total. The highest BCUT2D eigenvalue weighted by molar-refractivity contribution is 5.91. The van der Waals surface area contributed by atoms with Crippen LogP contribution < -0.4 is 10.6 Å². The molecule has 6 nitrogen and oxygen atoms in total. The van der Waals surface area contributed by atoms with Gasteiger partial charge in [0.1, 0.15) is 5.69 Å². The van der Waals surface area contributed by atoms with E-state index in [1.165, 1.54) is 12.5 Å². The predicted molar refractivity (Wildman–Crippen MR) is 67.3 cm³/mol. The topological polar surface area (TPSA) is 79.0 Å². The fourth-order valence-corrected chi connectivity index (χ4v) is 2.38. The summed E-state index contributed by atoms with van der Waals surface area (Å²) < 4.78 is 5.31. The molecule has 0 unspecified atom stereocenters. The summed E-state index contributed by atoms with van der Waals surface area (Å²) in [5.74, 6) is -0.110. The quantitative estimate of drug-likeness (QED) is 0.697. The first-order valence-corrected chi connectivity index (χ1v) is 6.22. The highest BCUT2D eigenvalue weighted by Gasteiger charge is 2.32. The van der Waals surface area contributed by atoms with Crippen LogP contribution >= 0.6 is 0 Å². The largest absolute Gasteiger partial charge is 0.384 e. The van der Waals surface area contributed by atoms with Gasteiger partial charge in [0.05, 0.1) is 19.1 Å². The average molecular weight is 252 g/mol. The molecule has 18 heavy (non-hydrogen) atoms. The number of hydrogen-bond donors (Lipinski definition) is 3. The standard InChI is InChI=1S/C12H20N4O2/c1-18-8-12(2-4-13-5-3-12)7-15-11(17)10-6-14-9-16-10/h6,9,13H,2-5,7-8H2,1H3,(H,14,16)(H,15,17). The number of nitrogens with zero attached hydrogens (tertiary/aromatic N) is 1. The molecule has 1 aromatic heterocycles. The van der Waals surface area contributed by atoms with E-state index in [4.69, 9.17) is 4.74 Å². The van der Waals surface area contributed by atoms with Crippen molar-refractivity contribution in [1.82, 2.24) is 20.6 Å². The Hall–Kier alpha value is -1.40. The highest BCUT2D eigenvalue weighted by atomic mass is 16.5. The molecule has 1 aromatic rings. The number of methoxy groups -OCH3 is 1. The number of rotatable bonds is 5. The van der Waals surface area contributed by atoms with E-state index in [9.17, 15) is 4.79 Å². The number of hydrogen-bond acceptors (Lipinski definition) is 4. The number of carbonyl (C=O) groups excluding carboxylic acids is 1. The summed E-state index contributed by atoms with van der Waals surface area (Å²) in [7, 11) is 1.71. The molecular formula is C12H20N4O2. The van der Waals surface area contributed by atoms with Gasteiger partial charge < -0.3 is 20.4 Å². The third kappa shape index (κ3) is 3.08. The van der Waals surface area contributed by atoms with Gasteiger partial charge in [0, 0.05) is 19.1 Å². The molecule has 2 heterocycles. The lowest BCUT2D eigenvalue weighted by Gasteiger charge is -2.37. The number of piperidine rings is 1. The van der Waals surface area contributed by atoms with Gasteiger partial charge in [-0.25, -0.2) is 4.98 Å². The van der Waals surface area contributed by atoms with Crippen LogP contribution in [0.4, 0.5) is 0 Å². The van der Waals surface area contributed by atoms with Gasteiger partial charge in [-0.2, -0.15) is 0 Å². The van der Waals surface area contributed by atoms with Crippen molar-refractivity contribution in [2.24, 2.45) is 5.41 Å². The van der Waals surface area contributed by atoms with Crippen LogP contribution in [0.1, 0.15) is 23.3 Å². The minimum absolute atomic E-state index is 0.0513. The fourth-order valence-electron chi connectivity index (χ4n) is 2.38. The molecule has 0 aromatic carbocycles. The van der Waals surface area contributed by atoms with Crippen molar-refractivity contribution in [2.75, 3.05) is 33.4 Å². The first-order valence-electron chi connectivity index (χ1n) is 6.22. The normalized spacial score (nSPS) is 18.5. The minimum Gasteiger partial charge on any atom is -0.384 e. The number of aromatic nitrogens is 2. The Morgan fingerprint density at radius 1 is 1.56 bits per heavy atom. The summed E-state index contributed by atoms with van der Waals surface area (Å²) in [5.41, 5.74) is 0.548. The maximum absolute atomic E-state index is 11.9. The van der Waals surface area contributed by atoms with Gasteiger partial charge in [-0.1, -0.05) is 0 Å². The van der Waals surface area contributed by atoms with Crippen molar-refractivity contribution in [1.29, 1.82) is 0 Å². The Labute approximate surface area is 107 Å². The van der Waals surface area contributed by atoms with Gasteiger partial charge in [0.25, 0.3) is 5.91 Å². The minimum atomic E-state index is -0.110. The van der Waals surface area contributed by atoms with Crippen LogP contribution in [-0.4, -0.2) is 49.2 Å². The smallest absolute Gasteiger partial charge is 0.269 e. The summed E-state index contributed by atoms with van der Waals surface area (Å²) in [4.78, 5) is 18.5. The van der Waals surface area contributed by atoms with E-state index in [0.29, 0.717) is 18.8 Å². The Morgan fingerprint density at radius 2 is 2.33 bits per heavy atom. The van der Waals surface area contributed by atoms with Crippen molar-refractivity contribution >= 4 is 5.91 Å². The second kappa shape index (κ2) is 5.97. The Morgan fingerprint density at radius 3 is 2.94 bits per heavy atom. The van der Waals surface area contributed by atoms with Gasteiger partial charge in [-0.15, -0.1) is 0 Å². The van der Waals surface area contributed by atoms with E-state index in [1.807, 2.05) is 0 Å². The SMILES string of the molecule is COCC1(CNC(=O)c2cnc[nH]2)CCNCC1. The van der Waals surface area contributed by atoms with Crippen LogP contribution in [0, 0.1) is 5.41 Å². The van der Waals surface area contributed by atoms with Gasteiger partial charge in [-0.05, 0) is 25.9 Å². The van der Waals surface area contributed by atoms with Gasteiger partial charge >= 0.3 is 0 Å². The zero-order chi connectivity index (χ0) is 12.8. The van der Waals surface area contributed by atoms with Gasteiger partial charge in [0.2, 0.25) is 0 Å². The monoisotopic (exact) mass is 252 g/mol. The van der Waals surface area contributed by atoms with Crippen LogP contribution in [0.15, 0.2) is 12.5 Å². The zero-order valence-electron chi connectivity index (χ0n) is 10.7. The Balaban J connectivity index is 1.91. The molecule has 100 valence electrons. The zero-order valence-corrected chi connectivity index (χ0v) is 10.7. The molecule has 6 heteroatoms. The number of ether oxygens (including phenoxy) is 1. The molecule has 1 fully saturated rings. The lowest BCUT2D eigenvalue weighted by molar-refractivity contribution is 0.0511. The molecule has 0 spiro atoms. The second-order valence-electron chi connectivity index (χ2n) is 4.83. The Kier molecular flexibility index (Phi) is 4.33. The lowest BCUT2D eigenvalue weighted by atomic mass is 9.79. The molecule has 0 aliphatic carbocycles. The van der Waals surface area contributed by atoms with Crippen LogP contribution in [0.2, 0.25) is 0 Å². The summed E-state index contributed by atoms with van der Waals surface area (Å²) in [6.07, 6.45) is 5.07. The van der Waals surface area contributed by atoms with Crippen molar-refractivity contribution in [3.05, 3.63) is 18.2 Å². The molecule has 1 aliphatic heterocycles. The Bertz CT molecular complexity index is 366. The fraction of sp³-hybridized carbons (Fsp3) is 0.667. The first kappa shape index (κ1) is 13.0. The van der Waals surface area contributed by atoms with E-state index < -0.39 is 0 Å². The van der Waals surface area contributed by atoms with Crippen LogP contribution in [0.5, 0.6) is 0 Å². The van der Waals surface area contributed by atoms with Crippen LogP contribution in [-0.2, 0) is 4.74 Å². The van der Waals surface area contributed by atoms with E-state index in [0.717, 1.165) is 25.9 Å². The number of nitrogens with one attached hydrogen (secondary N) is 3. The maximum Gasteiger partial charge on any atom is 0.269 e. The third-order valence-corrected chi connectivity index (χ3v) is 3.48. The number of imidazole rings is 1. The number of H-pyrrole nitrogens is 1. The summed E-state index contributed by atoms with van der Waals surface area (Å²) in [5, 5.41) is 6.29. The second-order valence-corrected chi connectivity index (χ2v) is 4.83. The molecule has 1 amide bonds. The summed E-state index contributed by atoms with van der Waals surface area (Å²) in [6, 6.07) is 0. The molecule has 2 rings (SSSR count). The van der Waals surface area contributed by atoms with E-state index in [2.05, 4.69) is 20.6 Å². The first-order chi connectivity index (χ1) is 8.76. The van der Waals surface area contributed by atoms with Crippen molar-refractivity contribution in [2.45, 2.75) is 12.8 Å². The summed E-state index contributed by atoms with van der Waals surface area (Å²) in [6.45, 7) is 3.27. The molecule has 0 bridgehead atoms. The van der Waals surface area contributed by atoms with E-state index in [-0.39, 0.29) is 11.3 Å². The predicted octanol–water partition coefficient (Wildman–Crippen LogP) is 0.156. The molecule has 1 saturated heterocycles. The van der Waals surface area contributed by atoms with Crippen molar-refractivity contribution in [3.8, 4) is 0 Å². The van der Waals surface area contributed by atoms with E-state index >= 15 is 0 Å². The van der Waals surface area contributed by atoms with Crippen molar-refractivity contribution in [3.63, 3.8) is 0 Å². The molecule has 0 radical (unpaired) electrons. The lowest BCUT2D eigenvalue weighted by Crippen LogP contribution is -2.47. The summed E-state index contributed by atoms with van der Waals surface area (Å²) >= 11 is 0. The molecule has 1 aliphatic rings. The van der Waals surface area contributed by atoms with E-state index in [1.54, 1.807) is 7.11 Å². The molecule has 0 saturated carbocycles. The van der Waals surface area contributed by atoms with Crippen LogP contribution in [0.25, 0.3) is 0 Å². The van der Waals surface area contributed by atoms with Crippen molar-refractivity contribution < 1.29 is 9.53 Å². The number of aromatic amines is 1. The van der Waals surface area contributed by atoms with Gasteiger partial charge in [0.15, 0.2) is 0 Å².